The summed E-state index contributed by atoms with van der Waals surface area (Å²) < 4.78 is 1.23. The van der Waals surface area contributed by atoms with Crippen LogP contribution < -0.4 is 5.32 Å². The lowest BCUT2D eigenvalue weighted by atomic mass is 10.3. The molecule has 2 N–H and O–H groups in total. The van der Waals surface area contributed by atoms with Crippen LogP contribution in [-0.2, 0) is 11.8 Å². The predicted molar refractivity (Wildman–Crippen MR) is 51.5 cm³/mol. The Kier molecular flexibility index (Phi) is 2.18. The van der Waals surface area contributed by atoms with E-state index in [9.17, 15) is 9.59 Å². The number of anilines is 1. The number of hydrogen-bond donors (Lipinski definition) is 2. The summed E-state index contributed by atoms with van der Waals surface area (Å²) in [6.45, 7) is 0. The Morgan fingerprint density at radius 2 is 2.27 bits per heavy atom. The van der Waals surface area contributed by atoms with Gasteiger partial charge in [0, 0.05) is 13.0 Å². The Bertz CT molecular complexity index is 420. The third kappa shape index (κ3) is 1.83. The van der Waals surface area contributed by atoms with E-state index in [1.807, 2.05) is 0 Å². The number of carboxylic acid groups (broad SMARTS) is 1. The van der Waals surface area contributed by atoms with Crippen molar-refractivity contribution in [1.29, 1.82) is 0 Å². The molecule has 15 heavy (non-hydrogen) atoms. The van der Waals surface area contributed by atoms with Crippen LogP contribution in [0.1, 0.15) is 23.3 Å². The molecule has 1 aliphatic rings. The van der Waals surface area contributed by atoms with Crippen LogP contribution in [0, 0.1) is 5.92 Å². The normalized spacial score (nSPS) is 15.0. The molecule has 6 nitrogen and oxygen atoms in total. The van der Waals surface area contributed by atoms with Crippen LogP contribution >= 0.6 is 0 Å². The Labute approximate surface area is 85.9 Å². The summed E-state index contributed by atoms with van der Waals surface area (Å²) in [5.41, 5.74) is 0.269. The molecule has 0 saturated heterocycles. The van der Waals surface area contributed by atoms with Crippen molar-refractivity contribution in [3.8, 4) is 0 Å². The monoisotopic (exact) mass is 209 g/mol. The molecule has 6 heteroatoms. The smallest absolute Gasteiger partial charge is 0.356 e. The van der Waals surface area contributed by atoms with Gasteiger partial charge in [-0.05, 0) is 12.8 Å². The Balaban J connectivity index is 2.20. The molecule has 1 heterocycles. The fourth-order valence-electron chi connectivity index (χ4n) is 1.36. The number of aryl methyl sites for hydroxylation is 1. The van der Waals surface area contributed by atoms with Crippen LogP contribution in [0.3, 0.4) is 0 Å². The van der Waals surface area contributed by atoms with Crippen LogP contribution in [0.4, 0.5) is 5.69 Å². The molecular weight excluding hydrogens is 198 g/mol. The maximum Gasteiger partial charge on any atom is 0.356 e. The summed E-state index contributed by atoms with van der Waals surface area (Å²) in [7, 11) is 1.52. The summed E-state index contributed by atoms with van der Waals surface area (Å²) in [6.07, 6.45) is 3.12. The number of carbonyl (C=O) groups excluding carboxylic acids is 1. The summed E-state index contributed by atoms with van der Waals surface area (Å²) in [5.74, 6) is -1.17. The topological polar surface area (TPSA) is 84.2 Å². The molecule has 0 unspecified atom stereocenters. The zero-order chi connectivity index (χ0) is 11.0. The van der Waals surface area contributed by atoms with Gasteiger partial charge in [-0.15, -0.1) is 0 Å². The first-order chi connectivity index (χ1) is 7.09. The lowest BCUT2D eigenvalue weighted by Gasteiger charge is -2.02. The SMILES string of the molecule is Cn1ncc(NC(=O)C2CC2)c1C(=O)O. The van der Waals surface area contributed by atoms with Gasteiger partial charge < -0.3 is 10.4 Å². The van der Waals surface area contributed by atoms with Crippen LogP contribution in [0.5, 0.6) is 0 Å². The molecule has 0 aromatic carbocycles. The first kappa shape index (κ1) is 9.70. The van der Waals surface area contributed by atoms with E-state index in [0.717, 1.165) is 12.8 Å². The van der Waals surface area contributed by atoms with Gasteiger partial charge in [0.25, 0.3) is 0 Å². The molecule has 0 atom stereocenters. The number of hydrogen-bond acceptors (Lipinski definition) is 3. The summed E-state index contributed by atoms with van der Waals surface area (Å²) in [6, 6.07) is 0. The van der Waals surface area contributed by atoms with Crippen LogP contribution in [0.15, 0.2) is 6.20 Å². The molecule has 1 aliphatic carbocycles. The number of nitrogens with zero attached hydrogens (tertiary/aromatic N) is 2. The fourth-order valence-corrected chi connectivity index (χ4v) is 1.36. The number of carboxylic acids is 1. The molecule has 1 aromatic rings. The van der Waals surface area contributed by atoms with Crippen LogP contribution in [0.25, 0.3) is 0 Å². The van der Waals surface area contributed by atoms with Crippen molar-refractivity contribution < 1.29 is 14.7 Å². The second-order valence-electron chi connectivity index (χ2n) is 3.60. The average Bonchev–Trinajstić information content (AvgIpc) is 2.92. The Hall–Kier alpha value is -1.85. The van der Waals surface area contributed by atoms with Gasteiger partial charge in [0.05, 0.1) is 11.9 Å². The van der Waals surface area contributed by atoms with Crippen molar-refractivity contribution in [2.45, 2.75) is 12.8 Å². The van der Waals surface area contributed by atoms with Crippen LogP contribution in [-0.4, -0.2) is 26.8 Å². The minimum absolute atomic E-state index is 0.00370. The number of carbonyl (C=O) groups is 2. The van der Waals surface area contributed by atoms with Crippen molar-refractivity contribution in [2.75, 3.05) is 5.32 Å². The second-order valence-corrected chi connectivity index (χ2v) is 3.60. The highest BCUT2D eigenvalue weighted by Crippen LogP contribution is 2.30. The third-order valence-electron chi connectivity index (χ3n) is 2.35. The zero-order valence-corrected chi connectivity index (χ0v) is 8.23. The zero-order valence-electron chi connectivity index (χ0n) is 8.23. The number of rotatable bonds is 3. The number of aromatic carboxylic acids is 1. The van der Waals surface area contributed by atoms with Gasteiger partial charge >= 0.3 is 5.97 Å². The Morgan fingerprint density at radius 1 is 1.60 bits per heavy atom. The standard InChI is InChI=1S/C9H11N3O3/c1-12-7(9(14)15)6(4-10-12)11-8(13)5-2-3-5/h4-5H,2-3H2,1H3,(H,11,13)(H,14,15). The molecule has 2 rings (SSSR count). The van der Waals surface area contributed by atoms with Gasteiger partial charge in [0.1, 0.15) is 0 Å². The second kappa shape index (κ2) is 3.38. The first-order valence-electron chi connectivity index (χ1n) is 4.65. The van der Waals surface area contributed by atoms with E-state index in [1.165, 1.54) is 17.9 Å². The van der Waals surface area contributed by atoms with Crippen molar-refractivity contribution in [1.82, 2.24) is 9.78 Å². The van der Waals surface area contributed by atoms with Crippen molar-refractivity contribution in [3.05, 3.63) is 11.9 Å². The minimum atomic E-state index is -1.10. The van der Waals surface area contributed by atoms with Crippen molar-refractivity contribution >= 4 is 17.6 Å². The highest BCUT2D eigenvalue weighted by Gasteiger charge is 2.30. The summed E-state index contributed by atoms with van der Waals surface area (Å²) in [5, 5.41) is 15.3. The molecule has 80 valence electrons. The molecule has 1 amide bonds. The quantitative estimate of drug-likeness (QED) is 0.757. The van der Waals surface area contributed by atoms with Crippen molar-refractivity contribution in [3.63, 3.8) is 0 Å². The van der Waals surface area contributed by atoms with Gasteiger partial charge in [0.15, 0.2) is 5.69 Å². The maximum absolute atomic E-state index is 11.4. The van der Waals surface area contributed by atoms with E-state index in [-0.39, 0.29) is 23.2 Å². The molecule has 1 saturated carbocycles. The fraction of sp³-hybridized carbons (Fsp3) is 0.444. The van der Waals surface area contributed by atoms with E-state index < -0.39 is 5.97 Å². The molecule has 0 radical (unpaired) electrons. The molecule has 1 fully saturated rings. The average molecular weight is 209 g/mol. The van der Waals surface area contributed by atoms with E-state index >= 15 is 0 Å². The largest absolute Gasteiger partial charge is 0.476 e. The molecule has 1 aromatic heterocycles. The highest BCUT2D eigenvalue weighted by atomic mass is 16.4. The van der Waals surface area contributed by atoms with Crippen LogP contribution in [0.2, 0.25) is 0 Å². The number of nitrogens with one attached hydrogen (secondary N) is 1. The number of aromatic nitrogens is 2. The van der Waals surface area contributed by atoms with E-state index in [2.05, 4.69) is 10.4 Å². The Morgan fingerprint density at radius 3 is 2.80 bits per heavy atom. The van der Waals surface area contributed by atoms with Gasteiger partial charge in [-0.3, -0.25) is 9.48 Å². The summed E-state index contributed by atoms with van der Waals surface area (Å²) in [4.78, 5) is 22.3. The number of amides is 1. The summed E-state index contributed by atoms with van der Waals surface area (Å²) >= 11 is 0. The minimum Gasteiger partial charge on any atom is -0.476 e. The van der Waals surface area contributed by atoms with E-state index in [0.29, 0.717) is 0 Å². The van der Waals surface area contributed by atoms with Gasteiger partial charge in [-0.25, -0.2) is 4.79 Å². The highest BCUT2D eigenvalue weighted by molar-refractivity contribution is 6.00. The van der Waals surface area contributed by atoms with Gasteiger partial charge in [0.2, 0.25) is 5.91 Å². The lowest BCUT2D eigenvalue weighted by molar-refractivity contribution is -0.117. The van der Waals surface area contributed by atoms with Gasteiger partial charge in [-0.2, -0.15) is 5.10 Å². The molecule has 0 spiro atoms. The maximum atomic E-state index is 11.4. The third-order valence-corrected chi connectivity index (χ3v) is 2.35. The lowest BCUT2D eigenvalue weighted by Crippen LogP contribution is -2.16. The predicted octanol–water partition coefficient (Wildman–Crippen LogP) is 0.467. The molecule has 0 aliphatic heterocycles. The van der Waals surface area contributed by atoms with E-state index in [1.54, 1.807) is 0 Å². The molecular formula is C9H11N3O3. The molecule has 0 bridgehead atoms. The van der Waals surface area contributed by atoms with Gasteiger partial charge in [-0.1, -0.05) is 0 Å². The van der Waals surface area contributed by atoms with Crippen molar-refractivity contribution in [2.24, 2.45) is 13.0 Å². The first-order valence-corrected chi connectivity index (χ1v) is 4.65. The van der Waals surface area contributed by atoms with E-state index in [4.69, 9.17) is 5.11 Å².